The van der Waals surface area contributed by atoms with E-state index in [1.165, 1.54) is 36.6 Å². The Bertz CT molecular complexity index is 612. The molecule has 5 N–H and O–H groups in total. The molecule has 0 fully saturated rings. The molecule has 0 amide bonds. The zero-order valence-corrected chi connectivity index (χ0v) is 11.3. The van der Waals surface area contributed by atoms with Gasteiger partial charge in [-0.2, -0.15) is 0 Å². The highest BCUT2D eigenvalue weighted by atomic mass is 32.2. The van der Waals surface area contributed by atoms with Gasteiger partial charge in [0.25, 0.3) is 10.0 Å². The summed E-state index contributed by atoms with van der Waals surface area (Å²) in [7, 11) is -3.70. The maximum Gasteiger partial charge on any atom is 0.263 e. The highest BCUT2D eigenvalue weighted by Gasteiger charge is 2.13. The first-order valence-corrected chi connectivity index (χ1v) is 6.83. The van der Waals surface area contributed by atoms with E-state index in [0.717, 1.165) is 0 Å². The molecule has 0 aromatic heterocycles. The van der Waals surface area contributed by atoms with Crippen LogP contribution in [-0.2, 0) is 10.0 Å². The van der Waals surface area contributed by atoms with Crippen LogP contribution >= 0.6 is 0 Å². The second kappa shape index (κ2) is 6.05. The summed E-state index contributed by atoms with van der Waals surface area (Å²) in [5, 5.41) is 0. The predicted molar refractivity (Wildman–Crippen MR) is 76.8 cm³/mol. The van der Waals surface area contributed by atoms with Gasteiger partial charge in [-0.25, -0.2) is 13.4 Å². The zero-order chi connectivity index (χ0) is 14.5. The highest BCUT2D eigenvalue weighted by molar-refractivity contribution is 7.89. The first-order valence-electron chi connectivity index (χ1n) is 5.35. The first-order chi connectivity index (χ1) is 8.81. The summed E-state index contributed by atoms with van der Waals surface area (Å²) < 4.78 is 26.1. The van der Waals surface area contributed by atoms with Crippen molar-refractivity contribution < 1.29 is 8.42 Å². The lowest BCUT2D eigenvalue weighted by Crippen LogP contribution is -2.21. The molecule has 0 saturated carbocycles. The third-order valence-electron chi connectivity index (χ3n) is 2.01. The van der Waals surface area contributed by atoms with Gasteiger partial charge < -0.3 is 11.5 Å². The van der Waals surface area contributed by atoms with Crippen LogP contribution in [0.2, 0.25) is 0 Å². The van der Waals surface area contributed by atoms with Gasteiger partial charge in [-0.05, 0) is 37.3 Å². The van der Waals surface area contributed by atoms with E-state index in [1.807, 2.05) is 0 Å². The van der Waals surface area contributed by atoms with Crippen molar-refractivity contribution in [3.63, 3.8) is 0 Å². The number of benzene rings is 1. The van der Waals surface area contributed by atoms with Gasteiger partial charge >= 0.3 is 0 Å². The van der Waals surface area contributed by atoms with Gasteiger partial charge in [0.1, 0.15) is 5.82 Å². The van der Waals surface area contributed by atoms with E-state index < -0.39 is 10.0 Å². The highest BCUT2D eigenvalue weighted by Crippen LogP contribution is 2.12. The van der Waals surface area contributed by atoms with Crippen LogP contribution in [0.15, 0.2) is 58.3 Å². The lowest BCUT2D eigenvalue weighted by Gasteiger charge is -2.07. The van der Waals surface area contributed by atoms with Gasteiger partial charge in [-0.15, -0.1) is 0 Å². The van der Waals surface area contributed by atoms with Gasteiger partial charge in [0.05, 0.1) is 4.90 Å². The van der Waals surface area contributed by atoms with Crippen molar-refractivity contribution in [1.82, 2.24) is 4.72 Å². The van der Waals surface area contributed by atoms with Crippen LogP contribution in [0.4, 0.5) is 5.69 Å². The molecular weight excluding hydrogens is 264 g/mol. The average Bonchev–Trinajstić information content (AvgIpc) is 2.28. The van der Waals surface area contributed by atoms with Crippen LogP contribution in [0.3, 0.4) is 0 Å². The standard InChI is InChI=1S/C12H16N4O2S/c1-9(13)7-8-15-10(2)16-19(17,18)12-5-3-11(14)4-6-12/h3-8,16H,2,13-14H2,1H3/b9-7-,15-8-. The van der Waals surface area contributed by atoms with E-state index in [9.17, 15) is 8.42 Å². The van der Waals surface area contributed by atoms with Crippen molar-refractivity contribution in [2.75, 3.05) is 5.73 Å². The predicted octanol–water partition coefficient (Wildman–Crippen LogP) is 0.952. The number of hydrogen-bond donors (Lipinski definition) is 3. The molecule has 7 heteroatoms. The molecule has 19 heavy (non-hydrogen) atoms. The molecule has 1 aromatic rings. The van der Waals surface area contributed by atoms with Crippen molar-refractivity contribution in [2.45, 2.75) is 11.8 Å². The quantitative estimate of drug-likeness (QED) is 0.551. The van der Waals surface area contributed by atoms with Gasteiger partial charge in [0, 0.05) is 17.6 Å². The molecule has 0 spiro atoms. The maximum atomic E-state index is 11.9. The molecule has 0 bridgehead atoms. The number of hydrogen-bond acceptors (Lipinski definition) is 5. The summed E-state index contributed by atoms with van der Waals surface area (Å²) in [6, 6.07) is 5.80. The fourth-order valence-electron chi connectivity index (χ4n) is 1.13. The summed E-state index contributed by atoms with van der Waals surface area (Å²) in [5.41, 5.74) is 11.9. The summed E-state index contributed by atoms with van der Waals surface area (Å²) >= 11 is 0. The number of anilines is 1. The molecule has 0 aliphatic rings. The second-order valence-electron chi connectivity index (χ2n) is 3.81. The van der Waals surface area contributed by atoms with Crippen molar-refractivity contribution in [2.24, 2.45) is 10.7 Å². The topological polar surface area (TPSA) is 111 Å². The molecule has 0 atom stereocenters. The van der Waals surface area contributed by atoms with Crippen LogP contribution < -0.4 is 16.2 Å². The third-order valence-corrected chi connectivity index (χ3v) is 3.41. The van der Waals surface area contributed by atoms with Gasteiger partial charge in [-0.3, -0.25) is 4.72 Å². The Morgan fingerprint density at radius 1 is 1.37 bits per heavy atom. The van der Waals surface area contributed by atoms with Crippen LogP contribution in [-0.4, -0.2) is 14.6 Å². The second-order valence-corrected chi connectivity index (χ2v) is 5.49. The Balaban J connectivity index is 2.80. The zero-order valence-electron chi connectivity index (χ0n) is 10.5. The largest absolute Gasteiger partial charge is 0.402 e. The number of allylic oxidation sites excluding steroid dienone is 2. The van der Waals surface area contributed by atoms with Crippen molar-refractivity contribution >= 4 is 21.9 Å². The minimum Gasteiger partial charge on any atom is -0.402 e. The summed E-state index contributed by atoms with van der Waals surface area (Å²) in [6.07, 6.45) is 2.89. The lowest BCUT2D eigenvalue weighted by atomic mass is 10.3. The van der Waals surface area contributed by atoms with Crippen LogP contribution in [0.25, 0.3) is 0 Å². The van der Waals surface area contributed by atoms with E-state index in [-0.39, 0.29) is 10.7 Å². The van der Waals surface area contributed by atoms with E-state index in [2.05, 4.69) is 16.3 Å². The van der Waals surface area contributed by atoms with Crippen LogP contribution in [0.5, 0.6) is 0 Å². The van der Waals surface area contributed by atoms with Crippen LogP contribution in [0.1, 0.15) is 6.92 Å². The molecule has 1 rings (SSSR count). The fourth-order valence-corrected chi connectivity index (χ4v) is 2.11. The van der Waals surface area contributed by atoms with Crippen molar-refractivity contribution in [1.29, 1.82) is 0 Å². The molecule has 1 aromatic carbocycles. The Morgan fingerprint density at radius 3 is 2.47 bits per heavy atom. The third kappa shape index (κ3) is 4.84. The number of aliphatic imine (C=N–C) groups is 1. The smallest absolute Gasteiger partial charge is 0.263 e. The minimum absolute atomic E-state index is 0.00525. The number of rotatable bonds is 5. The molecule has 0 aliphatic heterocycles. The first kappa shape index (κ1) is 14.8. The Kier molecular flexibility index (Phi) is 4.71. The van der Waals surface area contributed by atoms with Crippen molar-refractivity contribution in [3.8, 4) is 0 Å². The average molecular weight is 280 g/mol. The monoisotopic (exact) mass is 280 g/mol. The molecule has 0 saturated heterocycles. The summed E-state index contributed by atoms with van der Waals surface area (Å²) in [5.74, 6) is -0.00525. The lowest BCUT2D eigenvalue weighted by molar-refractivity contribution is 0.588. The number of nitrogen functional groups attached to an aromatic ring is 1. The number of sulfonamides is 1. The van der Waals surface area contributed by atoms with Gasteiger partial charge in [-0.1, -0.05) is 6.58 Å². The van der Waals surface area contributed by atoms with Gasteiger partial charge in [0.15, 0.2) is 0 Å². The Labute approximate surface area is 112 Å². The van der Waals surface area contributed by atoms with E-state index in [4.69, 9.17) is 11.5 Å². The molecule has 0 aliphatic carbocycles. The summed E-state index contributed by atoms with van der Waals surface area (Å²) in [6.45, 7) is 5.18. The molecule has 0 unspecified atom stereocenters. The Morgan fingerprint density at radius 2 is 1.95 bits per heavy atom. The van der Waals surface area contributed by atoms with Crippen molar-refractivity contribution in [3.05, 3.63) is 48.4 Å². The number of nitrogens with two attached hydrogens (primary N) is 2. The molecule has 0 radical (unpaired) electrons. The molecule has 0 heterocycles. The van der Waals surface area contributed by atoms with Crippen LogP contribution in [0, 0.1) is 0 Å². The van der Waals surface area contributed by atoms with Gasteiger partial charge in [0.2, 0.25) is 0 Å². The maximum absolute atomic E-state index is 11.9. The number of nitrogens with zero attached hydrogens (tertiary/aromatic N) is 1. The normalized spacial score (nSPS) is 12.6. The fraction of sp³-hybridized carbons (Fsp3) is 0.0833. The van der Waals surface area contributed by atoms with E-state index in [1.54, 1.807) is 6.92 Å². The minimum atomic E-state index is -3.70. The number of nitrogens with one attached hydrogen (secondary N) is 1. The van der Waals surface area contributed by atoms with E-state index >= 15 is 0 Å². The molecular formula is C12H16N4O2S. The molecule has 102 valence electrons. The van der Waals surface area contributed by atoms with E-state index in [0.29, 0.717) is 11.4 Å². The summed E-state index contributed by atoms with van der Waals surface area (Å²) in [4.78, 5) is 3.89. The molecule has 6 nitrogen and oxygen atoms in total. The Hall–Kier alpha value is -2.28. The SMILES string of the molecule is C=C(/N=C\C=C(\C)N)NS(=O)(=O)c1ccc(N)cc1.